The fraction of sp³-hybridized carbons (Fsp3) is 0.278. The molecule has 0 amide bonds. The van der Waals surface area contributed by atoms with Gasteiger partial charge in [0.1, 0.15) is 18.2 Å². The molecule has 22 heavy (non-hydrogen) atoms. The maximum atomic E-state index is 6.44. The molecule has 3 nitrogen and oxygen atoms in total. The molecule has 0 unspecified atom stereocenters. The Morgan fingerprint density at radius 1 is 1.14 bits per heavy atom. The molecule has 1 fully saturated rings. The molecule has 4 rings (SSSR count). The molecule has 0 saturated carbocycles. The van der Waals surface area contributed by atoms with Gasteiger partial charge in [-0.05, 0) is 31.1 Å². The highest BCUT2D eigenvalue weighted by atomic mass is 35.5. The van der Waals surface area contributed by atoms with Crippen molar-refractivity contribution in [2.75, 3.05) is 24.6 Å². The van der Waals surface area contributed by atoms with Crippen LogP contribution in [-0.2, 0) is 4.74 Å². The number of para-hydroxylation sites is 1. The summed E-state index contributed by atoms with van der Waals surface area (Å²) in [6, 6.07) is 9.95. The van der Waals surface area contributed by atoms with Gasteiger partial charge in [-0.25, -0.2) is 4.98 Å². The predicted molar refractivity (Wildman–Crippen MR) is 90.3 cm³/mol. The lowest BCUT2D eigenvalue weighted by molar-refractivity contribution is 0.233. The first-order valence-corrected chi connectivity index (χ1v) is 8.02. The quantitative estimate of drug-likeness (QED) is 0.783. The van der Waals surface area contributed by atoms with Crippen molar-refractivity contribution in [2.45, 2.75) is 12.8 Å². The van der Waals surface area contributed by atoms with Gasteiger partial charge in [-0.2, -0.15) is 0 Å². The summed E-state index contributed by atoms with van der Waals surface area (Å²) in [5, 5.41) is 1.75. The van der Waals surface area contributed by atoms with E-state index in [-0.39, 0.29) is 0 Å². The fourth-order valence-electron chi connectivity index (χ4n) is 3.03. The molecule has 2 heterocycles. The Balaban J connectivity index is 1.72. The van der Waals surface area contributed by atoms with E-state index in [1.54, 1.807) is 0 Å². The summed E-state index contributed by atoms with van der Waals surface area (Å²) in [5.41, 5.74) is 2.19. The third kappa shape index (κ3) is 2.46. The van der Waals surface area contributed by atoms with Gasteiger partial charge in [0.25, 0.3) is 0 Å². The van der Waals surface area contributed by atoms with Crippen LogP contribution in [0.1, 0.15) is 12.8 Å². The molecule has 2 aromatic rings. The van der Waals surface area contributed by atoms with Crippen molar-refractivity contribution in [1.82, 2.24) is 4.98 Å². The van der Waals surface area contributed by atoms with E-state index in [0.29, 0.717) is 6.61 Å². The number of halogens is 1. The third-order valence-corrected chi connectivity index (χ3v) is 4.47. The van der Waals surface area contributed by atoms with Gasteiger partial charge in [-0.15, -0.1) is 0 Å². The number of allylic oxidation sites excluding steroid dienone is 2. The lowest BCUT2D eigenvalue weighted by atomic mass is 10.0. The SMILES string of the molecule is Clc1cc(N2CCOC3=CCCC=C3C2)nc2ccccc12. The minimum atomic E-state index is 0.676. The molecule has 1 aliphatic carbocycles. The van der Waals surface area contributed by atoms with E-state index >= 15 is 0 Å². The van der Waals surface area contributed by atoms with Crippen LogP contribution in [0.4, 0.5) is 5.82 Å². The highest BCUT2D eigenvalue weighted by Crippen LogP contribution is 2.30. The number of benzene rings is 1. The molecule has 1 saturated heterocycles. The molecular weight excluding hydrogens is 296 g/mol. The molecule has 0 radical (unpaired) electrons. The van der Waals surface area contributed by atoms with E-state index in [9.17, 15) is 0 Å². The summed E-state index contributed by atoms with van der Waals surface area (Å²) < 4.78 is 5.87. The average Bonchev–Trinajstić information content (AvgIpc) is 2.77. The van der Waals surface area contributed by atoms with E-state index < -0.39 is 0 Å². The Hall–Kier alpha value is -2.00. The number of pyridine rings is 1. The molecule has 2 aliphatic rings. The van der Waals surface area contributed by atoms with Gasteiger partial charge in [-0.3, -0.25) is 0 Å². The van der Waals surface area contributed by atoms with Gasteiger partial charge in [0, 0.05) is 17.5 Å². The smallest absolute Gasteiger partial charge is 0.131 e. The van der Waals surface area contributed by atoms with Crippen LogP contribution in [0, 0.1) is 0 Å². The van der Waals surface area contributed by atoms with Crippen molar-refractivity contribution in [3.8, 4) is 0 Å². The molecule has 1 aliphatic heterocycles. The average molecular weight is 313 g/mol. The van der Waals surface area contributed by atoms with Gasteiger partial charge in [0.05, 0.1) is 17.1 Å². The summed E-state index contributed by atoms with van der Waals surface area (Å²) in [6.45, 7) is 2.32. The number of rotatable bonds is 1. The molecule has 1 aromatic carbocycles. The van der Waals surface area contributed by atoms with Crippen LogP contribution in [0.25, 0.3) is 10.9 Å². The van der Waals surface area contributed by atoms with E-state index in [2.05, 4.69) is 17.1 Å². The van der Waals surface area contributed by atoms with Crippen LogP contribution < -0.4 is 4.90 Å². The molecule has 1 aromatic heterocycles. The summed E-state index contributed by atoms with van der Waals surface area (Å²) in [4.78, 5) is 7.02. The van der Waals surface area contributed by atoms with E-state index in [0.717, 1.165) is 53.4 Å². The van der Waals surface area contributed by atoms with Gasteiger partial charge >= 0.3 is 0 Å². The lowest BCUT2D eigenvalue weighted by Crippen LogP contribution is -2.27. The van der Waals surface area contributed by atoms with Crippen LogP contribution in [0.2, 0.25) is 5.02 Å². The predicted octanol–water partition coefficient (Wildman–Crippen LogP) is 4.33. The molecule has 0 atom stereocenters. The van der Waals surface area contributed by atoms with Gasteiger partial charge < -0.3 is 9.64 Å². The molecule has 112 valence electrons. The van der Waals surface area contributed by atoms with Gasteiger partial charge in [0.2, 0.25) is 0 Å². The number of anilines is 1. The zero-order valence-corrected chi connectivity index (χ0v) is 13.0. The van der Waals surface area contributed by atoms with E-state index in [4.69, 9.17) is 21.3 Å². The molecule has 0 bridgehead atoms. The van der Waals surface area contributed by atoms with Crippen LogP contribution >= 0.6 is 11.6 Å². The number of fused-ring (bicyclic) bond motifs is 2. The van der Waals surface area contributed by atoms with Crippen LogP contribution in [-0.4, -0.2) is 24.7 Å². The number of ether oxygens (including phenoxy) is 1. The summed E-state index contributed by atoms with van der Waals surface area (Å²) in [5.74, 6) is 1.96. The van der Waals surface area contributed by atoms with Crippen molar-refractivity contribution < 1.29 is 4.74 Å². The first kappa shape index (κ1) is 13.6. The van der Waals surface area contributed by atoms with Crippen molar-refractivity contribution in [3.05, 3.63) is 58.8 Å². The largest absolute Gasteiger partial charge is 0.492 e. The second kappa shape index (κ2) is 5.65. The lowest BCUT2D eigenvalue weighted by Gasteiger charge is -2.22. The first-order valence-electron chi connectivity index (χ1n) is 7.64. The monoisotopic (exact) mass is 312 g/mol. The molecule has 0 spiro atoms. The second-order valence-electron chi connectivity index (χ2n) is 5.62. The van der Waals surface area contributed by atoms with Gasteiger partial charge in [-0.1, -0.05) is 35.9 Å². The summed E-state index contributed by atoms with van der Waals surface area (Å²) >= 11 is 6.44. The Labute approximate surface area is 134 Å². The minimum Gasteiger partial charge on any atom is -0.492 e. The van der Waals surface area contributed by atoms with Gasteiger partial charge in [0.15, 0.2) is 0 Å². The van der Waals surface area contributed by atoms with Crippen molar-refractivity contribution in [3.63, 3.8) is 0 Å². The van der Waals surface area contributed by atoms with Crippen LogP contribution in [0.15, 0.2) is 53.8 Å². The van der Waals surface area contributed by atoms with Crippen molar-refractivity contribution >= 4 is 28.3 Å². The molecule has 0 N–H and O–H groups in total. The van der Waals surface area contributed by atoms with Crippen molar-refractivity contribution in [2.24, 2.45) is 0 Å². The number of hydrogen-bond acceptors (Lipinski definition) is 3. The normalized spacial score (nSPS) is 18.1. The summed E-state index contributed by atoms with van der Waals surface area (Å²) in [6.07, 6.45) is 6.62. The number of nitrogens with zero attached hydrogens (tertiary/aromatic N) is 2. The third-order valence-electron chi connectivity index (χ3n) is 4.16. The zero-order chi connectivity index (χ0) is 14.9. The molecule has 4 heteroatoms. The highest BCUT2D eigenvalue weighted by Gasteiger charge is 2.20. The van der Waals surface area contributed by atoms with E-state index in [1.165, 1.54) is 5.57 Å². The minimum absolute atomic E-state index is 0.676. The maximum absolute atomic E-state index is 6.44. The number of aromatic nitrogens is 1. The molecular formula is C18H17ClN2O. The Bertz CT molecular complexity index is 782. The Morgan fingerprint density at radius 2 is 2.00 bits per heavy atom. The second-order valence-corrected chi connectivity index (χ2v) is 6.03. The first-order chi connectivity index (χ1) is 10.8. The van der Waals surface area contributed by atoms with Crippen molar-refractivity contribution in [1.29, 1.82) is 0 Å². The standard InChI is InChI=1S/C18H17ClN2O/c19-15-11-18(20-16-7-3-2-6-14(15)16)21-9-10-22-17-8-4-1-5-13(17)12-21/h2-3,5-8,11H,1,4,9-10,12H2. The maximum Gasteiger partial charge on any atom is 0.131 e. The fourth-order valence-corrected chi connectivity index (χ4v) is 3.28. The summed E-state index contributed by atoms with van der Waals surface area (Å²) in [7, 11) is 0. The Morgan fingerprint density at radius 3 is 2.95 bits per heavy atom. The van der Waals surface area contributed by atoms with Crippen LogP contribution in [0.5, 0.6) is 0 Å². The topological polar surface area (TPSA) is 25.4 Å². The number of hydrogen-bond donors (Lipinski definition) is 0. The van der Waals surface area contributed by atoms with E-state index in [1.807, 2.05) is 30.3 Å². The van der Waals surface area contributed by atoms with Crippen LogP contribution in [0.3, 0.4) is 0 Å². The Kier molecular flexibility index (Phi) is 3.51. The zero-order valence-electron chi connectivity index (χ0n) is 12.3. The highest BCUT2D eigenvalue weighted by molar-refractivity contribution is 6.35.